The highest BCUT2D eigenvalue weighted by molar-refractivity contribution is 5.96. The number of amides is 2. The van der Waals surface area contributed by atoms with E-state index >= 15 is 0 Å². The van der Waals surface area contributed by atoms with Gasteiger partial charge in [0.05, 0.1) is 5.41 Å². The third kappa shape index (κ3) is 4.05. The summed E-state index contributed by atoms with van der Waals surface area (Å²) in [6.07, 6.45) is -0.127. The molecule has 0 heterocycles. The Balaban J connectivity index is 2.77. The number of benzene rings is 1. The maximum absolute atomic E-state index is 12.0. The molecule has 0 fully saturated rings. The van der Waals surface area contributed by atoms with Gasteiger partial charge in [0.2, 0.25) is 11.8 Å². The Bertz CT molecular complexity index is 551. The van der Waals surface area contributed by atoms with Gasteiger partial charge in [0.1, 0.15) is 0 Å². The van der Waals surface area contributed by atoms with E-state index in [1.165, 1.54) is 12.1 Å². The third-order valence-electron chi connectivity index (χ3n) is 3.74. The smallest absolute Gasteiger partial charge is 0.310 e. The largest absolute Gasteiger partial charge is 0.481 e. The molecule has 6 heteroatoms. The molecule has 0 aromatic heterocycles. The number of primary amides is 1. The summed E-state index contributed by atoms with van der Waals surface area (Å²) < 4.78 is 0. The van der Waals surface area contributed by atoms with Crippen LogP contribution in [0.25, 0.3) is 0 Å². The van der Waals surface area contributed by atoms with Crippen LogP contribution >= 0.6 is 0 Å². The summed E-state index contributed by atoms with van der Waals surface area (Å²) in [5.41, 5.74) is 4.82. The summed E-state index contributed by atoms with van der Waals surface area (Å²) in [5, 5.41) is 11.9. The summed E-state index contributed by atoms with van der Waals surface area (Å²) in [4.78, 5) is 34.3. The lowest BCUT2D eigenvalue weighted by Gasteiger charge is -2.28. The zero-order chi connectivity index (χ0) is 16.2. The average Bonchev–Trinajstić information content (AvgIpc) is 2.38. The molecule has 0 aliphatic carbocycles. The van der Waals surface area contributed by atoms with Crippen molar-refractivity contribution in [2.75, 3.05) is 5.32 Å². The number of carbonyl (C=O) groups is 3. The van der Waals surface area contributed by atoms with Crippen molar-refractivity contribution in [3.8, 4) is 0 Å². The van der Waals surface area contributed by atoms with Crippen molar-refractivity contribution >= 4 is 23.5 Å². The lowest BCUT2D eigenvalue weighted by atomic mass is 9.76. The van der Waals surface area contributed by atoms with Crippen LogP contribution in [0.15, 0.2) is 24.3 Å². The van der Waals surface area contributed by atoms with Crippen LogP contribution in [-0.2, 0) is 9.59 Å². The van der Waals surface area contributed by atoms with Crippen LogP contribution in [0.4, 0.5) is 5.69 Å². The summed E-state index contributed by atoms with van der Waals surface area (Å²) in [6, 6.07) is 6.09. The quantitative estimate of drug-likeness (QED) is 0.743. The standard InChI is InChI=1S/C15H20N2O4/c1-9(2)15(3,14(20)21)8-12(18)17-11-6-4-10(5-7-11)13(16)19/h4-7,9H,8H2,1-3H3,(H2,16,19)(H,17,18)(H,20,21). The molecule has 6 nitrogen and oxygen atoms in total. The number of aliphatic carboxylic acids is 1. The minimum Gasteiger partial charge on any atom is -0.481 e. The van der Waals surface area contributed by atoms with Crippen molar-refractivity contribution in [1.29, 1.82) is 0 Å². The number of carbonyl (C=O) groups excluding carboxylic acids is 2. The third-order valence-corrected chi connectivity index (χ3v) is 3.74. The van der Waals surface area contributed by atoms with Crippen LogP contribution in [0.2, 0.25) is 0 Å². The first kappa shape index (κ1) is 16.7. The number of anilines is 1. The Morgan fingerprint density at radius 2 is 1.76 bits per heavy atom. The summed E-state index contributed by atoms with van der Waals surface area (Å²) >= 11 is 0. The molecule has 0 spiro atoms. The van der Waals surface area contributed by atoms with Gasteiger partial charge in [-0.2, -0.15) is 0 Å². The first-order valence-corrected chi connectivity index (χ1v) is 6.60. The second kappa shape index (κ2) is 6.39. The molecule has 1 aromatic rings. The maximum Gasteiger partial charge on any atom is 0.310 e. The highest BCUT2D eigenvalue weighted by atomic mass is 16.4. The van der Waals surface area contributed by atoms with Crippen molar-refractivity contribution in [3.63, 3.8) is 0 Å². The molecule has 1 rings (SSSR count). The summed E-state index contributed by atoms with van der Waals surface area (Å²) in [6.45, 7) is 5.09. The lowest BCUT2D eigenvalue weighted by Crippen LogP contribution is -2.37. The Morgan fingerprint density at radius 1 is 1.24 bits per heavy atom. The van der Waals surface area contributed by atoms with E-state index in [2.05, 4.69) is 5.32 Å². The van der Waals surface area contributed by atoms with Gasteiger partial charge in [0, 0.05) is 17.7 Å². The van der Waals surface area contributed by atoms with Crippen LogP contribution in [0, 0.1) is 11.3 Å². The normalized spacial score (nSPS) is 13.5. The Hall–Kier alpha value is -2.37. The molecule has 0 saturated carbocycles. The molecule has 2 amide bonds. The molecular weight excluding hydrogens is 272 g/mol. The van der Waals surface area contributed by atoms with Crippen LogP contribution in [0.3, 0.4) is 0 Å². The van der Waals surface area contributed by atoms with E-state index in [9.17, 15) is 19.5 Å². The van der Waals surface area contributed by atoms with Gasteiger partial charge < -0.3 is 16.2 Å². The minimum absolute atomic E-state index is 0.127. The lowest BCUT2D eigenvalue weighted by molar-refractivity contribution is -0.153. The SMILES string of the molecule is CC(C)C(C)(CC(=O)Nc1ccc(C(N)=O)cc1)C(=O)O. The summed E-state index contributed by atoms with van der Waals surface area (Å²) in [5.74, 6) is -2.12. The van der Waals surface area contributed by atoms with Gasteiger partial charge >= 0.3 is 5.97 Å². The molecule has 4 N–H and O–H groups in total. The molecule has 21 heavy (non-hydrogen) atoms. The predicted molar refractivity (Wildman–Crippen MR) is 78.8 cm³/mol. The van der Waals surface area contributed by atoms with Crippen LogP contribution in [0.5, 0.6) is 0 Å². The van der Waals surface area contributed by atoms with Crippen LogP contribution in [-0.4, -0.2) is 22.9 Å². The van der Waals surface area contributed by atoms with Gasteiger partial charge in [-0.05, 0) is 37.1 Å². The monoisotopic (exact) mass is 292 g/mol. The molecule has 0 bridgehead atoms. The van der Waals surface area contributed by atoms with Crippen LogP contribution < -0.4 is 11.1 Å². The second-order valence-corrected chi connectivity index (χ2v) is 5.54. The van der Waals surface area contributed by atoms with Gasteiger partial charge in [0.15, 0.2) is 0 Å². The van der Waals surface area contributed by atoms with Gasteiger partial charge in [-0.1, -0.05) is 13.8 Å². The minimum atomic E-state index is -1.13. The number of nitrogens with one attached hydrogen (secondary N) is 1. The first-order chi connectivity index (χ1) is 9.66. The van der Waals surface area contributed by atoms with Crippen molar-refractivity contribution < 1.29 is 19.5 Å². The van der Waals surface area contributed by atoms with Gasteiger partial charge in [-0.3, -0.25) is 14.4 Å². The van der Waals surface area contributed by atoms with E-state index < -0.39 is 17.3 Å². The molecule has 1 aromatic carbocycles. The number of carboxylic acid groups (broad SMARTS) is 1. The van der Waals surface area contributed by atoms with Crippen molar-refractivity contribution in [1.82, 2.24) is 0 Å². The Kier molecular flexibility index (Phi) is 5.07. The van der Waals surface area contributed by atoms with E-state index in [0.29, 0.717) is 11.3 Å². The molecular formula is C15H20N2O4. The molecule has 1 unspecified atom stereocenters. The van der Waals surface area contributed by atoms with E-state index in [4.69, 9.17) is 5.73 Å². The fraction of sp³-hybridized carbons (Fsp3) is 0.400. The Morgan fingerprint density at radius 3 is 2.14 bits per heavy atom. The van der Waals surface area contributed by atoms with E-state index in [-0.39, 0.29) is 18.2 Å². The number of carboxylic acids is 1. The number of nitrogens with two attached hydrogens (primary N) is 1. The number of rotatable bonds is 6. The topological polar surface area (TPSA) is 109 Å². The van der Waals surface area contributed by atoms with Crippen molar-refractivity contribution in [2.45, 2.75) is 27.2 Å². The van der Waals surface area contributed by atoms with Crippen molar-refractivity contribution in [3.05, 3.63) is 29.8 Å². The van der Waals surface area contributed by atoms with E-state index in [0.717, 1.165) is 0 Å². The fourth-order valence-corrected chi connectivity index (χ4v) is 1.78. The zero-order valence-electron chi connectivity index (χ0n) is 12.3. The molecule has 1 atom stereocenters. The fourth-order valence-electron chi connectivity index (χ4n) is 1.78. The predicted octanol–water partition coefficient (Wildman–Crippen LogP) is 1.86. The van der Waals surface area contributed by atoms with E-state index in [1.807, 2.05) is 0 Å². The summed E-state index contributed by atoms with van der Waals surface area (Å²) in [7, 11) is 0. The number of hydrogen-bond acceptors (Lipinski definition) is 3. The van der Waals surface area contributed by atoms with Gasteiger partial charge in [-0.15, -0.1) is 0 Å². The highest BCUT2D eigenvalue weighted by Crippen LogP contribution is 2.31. The van der Waals surface area contributed by atoms with Crippen LogP contribution in [0.1, 0.15) is 37.6 Å². The van der Waals surface area contributed by atoms with Crippen molar-refractivity contribution in [2.24, 2.45) is 17.1 Å². The Labute approximate surface area is 123 Å². The maximum atomic E-state index is 12.0. The molecule has 0 aliphatic heterocycles. The number of hydrogen-bond donors (Lipinski definition) is 3. The second-order valence-electron chi connectivity index (χ2n) is 5.54. The molecule has 0 saturated heterocycles. The zero-order valence-corrected chi connectivity index (χ0v) is 12.3. The van der Waals surface area contributed by atoms with E-state index in [1.54, 1.807) is 32.9 Å². The van der Waals surface area contributed by atoms with Gasteiger partial charge in [0.25, 0.3) is 0 Å². The highest BCUT2D eigenvalue weighted by Gasteiger charge is 2.38. The average molecular weight is 292 g/mol. The van der Waals surface area contributed by atoms with Gasteiger partial charge in [-0.25, -0.2) is 0 Å². The molecule has 114 valence electrons. The molecule has 0 aliphatic rings. The molecule has 0 radical (unpaired) electrons. The first-order valence-electron chi connectivity index (χ1n) is 6.60.